The maximum atomic E-state index is 12.1. The Hall–Kier alpha value is -2.82. The minimum absolute atomic E-state index is 0.242. The van der Waals surface area contributed by atoms with E-state index in [-0.39, 0.29) is 12.5 Å². The highest BCUT2D eigenvalue weighted by Crippen LogP contribution is 2.16. The number of carbonyl (C=O) groups is 2. The predicted molar refractivity (Wildman–Crippen MR) is 96.7 cm³/mol. The Labute approximate surface area is 148 Å². The van der Waals surface area contributed by atoms with Gasteiger partial charge in [-0.05, 0) is 49.6 Å². The van der Waals surface area contributed by atoms with Crippen molar-refractivity contribution in [3.8, 4) is 5.75 Å². The van der Waals surface area contributed by atoms with Crippen molar-refractivity contribution in [2.24, 2.45) is 0 Å². The molecule has 2 rings (SSSR count). The number of nitrogens with one attached hydrogen (secondary N) is 1. The van der Waals surface area contributed by atoms with E-state index >= 15 is 0 Å². The highest BCUT2D eigenvalue weighted by atomic mass is 16.6. The lowest BCUT2D eigenvalue weighted by molar-refractivity contribution is -0.155. The van der Waals surface area contributed by atoms with Gasteiger partial charge in [-0.15, -0.1) is 0 Å². The fourth-order valence-corrected chi connectivity index (χ4v) is 2.21. The molecular weight excluding hydrogens is 318 g/mol. The molecule has 1 atom stereocenters. The molecule has 2 aromatic rings. The predicted octanol–water partition coefficient (Wildman–Crippen LogP) is 3.51. The SMILES string of the molecule is CCc1ccc(NC(=O)[C@@H](C)OC(=O)COc2ccccc2C)cc1. The third-order valence-corrected chi connectivity index (χ3v) is 3.75. The molecule has 5 nitrogen and oxygen atoms in total. The van der Waals surface area contributed by atoms with Crippen LogP contribution in [-0.2, 0) is 20.7 Å². The first kappa shape index (κ1) is 18.5. The van der Waals surface area contributed by atoms with Gasteiger partial charge in [0.05, 0.1) is 0 Å². The molecule has 0 aliphatic carbocycles. The topological polar surface area (TPSA) is 64.6 Å². The second-order valence-corrected chi connectivity index (χ2v) is 5.73. The zero-order valence-electron chi connectivity index (χ0n) is 14.7. The molecule has 2 aromatic carbocycles. The lowest BCUT2D eigenvalue weighted by Gasteiger charge is -2.14. The third kappa shape index (κ3) is 5.64. The quantitative estimate of drug-likeness (QED) is 0.783. The van der Waals surface area contributed by atoms with Gasteiger partial charge in [0.2, 0.25) is 0 Å². The number of esters is 1. The lowest BCUT2D eigenvalue weighted by Crippen LogP contribution is -2.31. The fraction of sp³-hybridized carbons (Fsp3) is 0.300. The summed E-state index contributed by atoms with van der Waals surface area (Å²) in [6, 6.07) is 14.9. The van der Waals surface area contributed by atoms with E-state index in [0.717, 1.165) is 12.0 Å². The number of para-hydroxylation sites is 1. The molecule has 0 saturated heterocycles. The molecule has 25 heavy (non-hydrogen) atoms. The normalized spacial score (nSPS) is 11.5. The Bertz CT molecular complexity index is 725. The molecule has 0 bridgehead atoms. The van der Waals surface area contributed by atoms with Crippen LogP contribution in [0.25, 0.3) is 0 Å². The molecule has 0 unspecified atom stereocenters. The van der Waals surface area contributed by atoms with Crippen LogP contribution in [0.3, 0.4) is 0 Å². The summed E-state index contributed by atoms with van der Waals surface area (Å²) in [5.41, 5.74) is 2.78. The molecule has 0 heterocycles. The average Bonchev–Trinajstić information content (AvgIpc) is 2.61. The number of hydrogen-bond donors (Lipinski definition) is 1. The number of carbonyl (C=O) groups excluding carboxylic acids is 2. The maximum absolute atomic E-state index is 12.1. The van der Waals surface area contributed by atoms with E-state index in [4.69, 9.17) is 9.47 Å². The van der Waals surface area contributed by atoms with Gasteiger partial charge >= 0.3 is 5.97 Å². The first-order chi connectivity index (χ1) is 12.0. The summed E-state index contributed by atoms with van der Waals surface area (Å²) in [5, 5.41) is 2.72. The van der Waals surface area contributed by atoms with E-state index in [1.54, 1.807) is 6.07 Å². The van der Waals surface area contributed by atoms with Crippen LogP contribution in [0.5, 0.6) is 5.75 Å². The smallest absolute Gasteiger partial charge is 0.344 e. The first-order valence-electron chi connectivity index (χ1n) is 8.27. The lowest BCUT2D eigenvalue weighted by atomic mass is 10.1. The van der Waals surface area contributed by atoms with E-state index < -0.39 is 12.1 Å². The van der Waals surface area contributed by atoms with Gasteiger partial charge in [0.1, 0.15) is 5.75 Å². The van der Waals surface area contributed by atoms with Crippen molar-refractivity contribution in [2.75, 3.05) is 11.9 Å². The van der Waals surface area contributed by atoms with Gasteiger partial charge in [-0.2, -0.15) is 0 Å². The number of anilines is 1. The highest BCUT2D eigenvalue weighted by molar-refractivity contribution is 5.95. The molecule has 132 valence electrons. The summed E-state index contributed by atoms with van der Waals surface area (Å²) in [5.74, 6) is -0.353. The van der Waals surface area contributed by atoms with Gasteiger partial charge < -0.3 is 14.8 Å². The summed E-state index contributed by atoms with van der Waals surface area (Å²) in [4.78, 5) is 24.0. The van der Waals surface area contributed by atoms with Crippen LogP contribution in [0, 0.1) is 6.92 Å². The van der Waals surface area contributed by atoms with Crippen LogP contribution in [0.4, 0.5) is 5.69 Å². The van der Waals surface area contributed by atoms with Gasteiger partial charge in [0, 0.05) is 5.69 Å². The Balaban J connectivity index is 1.81. The Kier molecular flexibility index (Phi) is 6.57. The molecule has 0 fully saturated rings. The van der Waals surface area contributed by atoms with Crippen LogP contribution in [-0.4, -0.2) is 24.6 Å². The molecule has 0 spiro atoms. The number of amides is 1. The summed E-state index contributed by atoms with van der Waals surface area (Å²) >= 11 is 0. The minimum atomic E-state index is -0.904. The molecule has 1 amide bonds. The second kappa shape index (κ2) is 8.87. The van der Waals surface area contributed by atoms with Crippen molar-refractivity contribution in [1.29, 1.82) is 0 Å². The van der Waals surface area contributed by atoms with Crippen molar-refractivity contribution in [2.45, 2.75) is 33.3 Å². The van der Waals surface area contributed by atoms with Gasteiger partial charge in [0.15, 0.2) is 12.7 Å². The zero-order valence-corrected chi connectivity index (χ0v) is 14.7. The molecule has 1 N–H and O–H groups in total. The van der Waals surface area contributed by atoms with Gasteiger partial charge in [-0.3, -0.25) is 4.79 Å². The van der Waals surface area contributed by atoms with Gasteiger partial charge in [-0.25, -0.2) is 4.79 Å². The average molecular weight is 341 g/mol. The molecule has 0 aliphatic heterocycles. The van der Waals surface area contributed by atoms with Crippen LogP contribution in [0.1, 0.15) is 25.0 Å². The standard InChI is InChI=1S/C20H23NO4/c1-4-16-9-11-17(12-10-16)21-20(23)15(3)25-19(22)13-24-18-8-6-5-7-14(18)2/h5-12,15H,4,13H2,1-3H3,(H,21,23)/t15-/m1/s1. The summed E-state index contributed by atoms with van der Waals surface area (Å²) in [6.45, 7) is 5.24. The van der Waals surface area contributed by atoms with Crippen LogP contribution in [0.2, 0.25) is 0 Å². The first-order valence-corrected chi connectivity index (χ1v) is 8.27. The van der Waals surface area contributed by atoms with E-state index in [1.807, 2.05) is 49.4 Å². The van der Waals surface area contributed by atoms with Crippen LogP contribution in [0.15, 0.2) is 48.5 Å². The number of aryl methyl sites for hydroxylation is 2. The van der Waals surface area contributed by atoms with Crippen molar-refractivity contribution in [1.82, 2.24) is 0 Å². The summed E-state index contributed by atoms with van der Waals surface area (Å²) in [6.07, 6.45) is 0.0298. The van der Waals surface area contributed by atoms with Crippen molar-refractivity contribution < 1.29 is 19.1 Å². The molecule has 0 aromatic heterocycles. The monoisotopic (exact) mass is 341 g/mol. The molecule has 0 aliphatic rings. The zero-order chi connectivity index (χ0) is 18.2. The van der Waals surface area contributed by atoms with Gasteiger partial charge in [-0.1, -0.05) is 37.3 Å². The number of hydrogen-bond acceptors (Lipinski definition) is 4. The molecule has 0 radical (unpaired) electrons. The Morgan fingerprint density at radius 3 is 2.40 bits per heavy atom. The number of rotatable bonds is 7. The van der Waals surface area contributed by atoms with E-state index in [2.05, 4.69) is 12.2 Å². The van der Waals surface area contributed by atoms with E-state index in [0.29, 0.717) is 11.4 Å². The largest absolute Gasteiger partial charge is 0.482 e. The van der Waals surface area contributed by atoms with E-state index in [1.165, 1.54) is 12.5 Å². The Morgan fingerprint density at radius 1 is 1.08 bits per heavy atom. The van der Waals surface area contributed by atoms with Crippen LogP contribution >= 0.6 is 0 Å². The Morgan fingerprint density at radius 2 is 1.76 bits per heavy atom. The highest BCUT2D eigenvalue weighted by Gasteiger charge is 2.18. The van der Waals surface area contributed by atoms with Crippen molar-refractivity contribution in [3.63, 3.8) is 0 Å². The molecular formula is C20H23NO4. The van der Waals surface area contributed by atoms with Crippen molar-refractivity contribution >= 4 is 17.6 Å². The second-order valence-electron chi connectivity index (χ2n) is 5.73. The van der Waals surface area contributed by atoms with Crippen LogP contribution < -0.4 is 10.1 Å². The molecule has 0 saturated carbocycles. The summed E-state index contributed by atoms with van der Waals surface area (Å²) in [7, 11) is 0. The van der Waals surface area contributed by atoms with Gasteiger partial charge in [0.25, 0.3) is 5.91 Å². The number of ether oxygens (including phenoxy) is 2. The fourth-order valence-electron chi connectivity index (χ4n) is 2.21. The number of benzene rings is 2. The molecule has 5 heteroatoms. The summed E-state index contributed by atoms with van der Waals surface area (Å²) < 4.78 is 10.5. The minimum Gasteiger partial charge on any atom is -0.482 e. The maximum Gasteiger partial charge on any atom is 0.344 e. The van der Waals surface area contributed by atoms with Crippen molar-refractivity contribution in [3.05, 3.63) is 59.7 Å². The van der Waals surface area contributed by atoms with E-state index in [9.17, 15) is 9.59 Å². The third-order valence-electron chi connectivity index (χ3n) is 3.75.